The van der Waals surface area contributed by atoms with Crippen LogP contribution in [-0.2, 0) is 6.54 Å². The van der Waals surface area contributed by atoms with E-state index in [1.807, 2.05) is 32.0 Å². The first-order valence-corrected chi connectivity index (χ1v) is 7.70. The molecule has 1 heterocycles. The monoisotopic (exact) mass is 342 g/mol. The molecule has 0 saturated carbocycles. The van der Waals surface area contributed by atoms with E-state index in [1.54, 1.807) is 0 Å². The van der Waals surface area contributed by atoms with E-state index in [-0.39, 0.29) is 6.54 Å². The minimum atomic E-state index is -0.992. The molecule has 0 radical (unpaired) electrons. The van der Waals surface area contributed by atoms with E-state index >= 15 is 0 Å². The molecule has 0 N–H and O–H groups in total. The molecule has 2 aromatic carbocycles. The lowest BCUT2D eigenvalue weighted by Crippen LogP contribution is -2.40. The van der Waals surface area contributed by atoms with Gasteiger partial charge in [0.2, 0.25) is 0 Å². The maximum Gasteiger partial charge on any atom is 0.320 e. The van der Waals surface area contributed by atoms with Gasteiger partial charge in [0.15, 0.2) is 11.6 Å². The van der Waals surface area contributed by atoms with Gasteiger partial charge in [-0.25, -0.2) is 8.78 Å². The Bertz CT molecular complexity index is 1050. The van der Waals surface area contributed by atoms with Gasteiger partial charge in [0.1, 0.15) is 0 Å². The van der Waals surface area contributed by atoms with Gasteiger partial charge < -0.3 is 4.57 Å². The molecule has 0 atom stereocenters. The van der Waals surface area contributed by atoms with E-state index in [4.69, 9.17) is 0 Å². The Morgan fingerprint density at radius 2 is 1.52 bits per heavy atom. The Balaban J connectivity index is 2.02. The average molecular weight is 342 g/mol. The molecule has 0 bridgehead atoms. The van der Waals surface area contributed by atoms with Crippen molar-refractivity contribution in [3.63, 3.8) is 0 Å². The molecule has 0 amide bonds. The van der Waals surface area contributed by atoms with Crippen LogP contribution in [0.4, 0.5) is 8.78 Å². The number of rotatable bonds is 3. The van der Waals surface area contributed by atoms with Crippen molar-refractivity contribution in [3.8, 4) is 5.69 Å². The summed E-state index contributed by atoms with van der Waals surface area (Å²) in [6.07, 6.45) is 2.96. The molecule has 4 nitrogen and oxygen atoms in total. The van der Waals surface area contributed by atoms with Crippen LogP contribution in [0.3, 0.4) is 0 Å². The molecule has 3 aromatic rings. The normalized spacial score (nSPS) is 10.9. The second-order valence-corrected chi connectivity index (χ2v) is 6.00. The molecule has 0 aliphatic rings. The summed E-state index contributed by atoms with van der Waals surface area (Å²) < 4.78 is 28.7. The Kier molecular flexibility index (Phi) is 4.35. The van der Waals surface area contributed by atoms with Gasteiger partial charge in [-0.15, -0.1) is 0 Å². The van der Waals surface area contributed by atoms with Crippen molar-refractivity contribution >= 4 is 0 Å². The molecule has 1 aromatic heterocycles. The smallest absolute Gasteiger partial charge is 0.305 e. The quantitative estimate of drug-likeness (QED) is 0.687. The van der Waals surface area contributed by atoms with Gasteiger partial charge in [0.05, 0.1) is 6.54 Å². The Morgan fingerprint density at radius 1 is 0.840 bits per heavy atom. The third kappa shape index (κ3) is 3.42. The molecular formula is C19H16F2N2O2. The third-order valence-electron chi connectivity index (χ3n) is 3.88. The predicted octanol–water partition coefficient (Wildman–Crippen LogP) is 2.94. The first-order chi connectivity index (χ1) is 11.8. The van der Waals surface area contributed by atoms with Crippen molar-refractivity contribution in [2.75, 3.05) is 0 Å². The molecule has 0 aliphatic carbocycles. The van der Waals surface area contributed by atoms with Crippen LogP contribution in [0.5, 0.6) is 0 Å². The zero-order chi connectivity index (χ0) is 18.1. The molecule has 0 saturated heterocycles. The van der Waals surface area contributed by atoms with Crippen molar-refractivity contribution in [3.05, 3.63) is 97.8 Å². The Morgan fingerprint density at radius 3 is 2.16 bits per heavy atom. The lowest BCUT2D eigenvalue weighted by molar-refractivity contribution is 0.506. The predicted molar refractivity (Wildman–Crippen MR) is 91.2 cm³/mol. The van der Waals surface area contributed by atoms with Gasteiger partial charge in [0.25, 0.3) is 0 Å². The molecule has 3 rings (SSSR count). The molecular weight excluding hydrogens is 326 g/mol. The maximum atomic E-state index is 13.3. The molecule has 6 heteroatoms. The van der Waals surface area contributed by atoms with Crippen LogP contribution in [0.1, 0.15) is 16.7 Å². The fourth-order valence-electron chi connectivity index (χ4n) is 2.76. The second kappa shape index (κ2) is 6.47. The number of hydrogen-bond acceptors (Lipinski definition) is 2. The van der Waals surface area contributed by atoms with E-state index in [1.165, 1.54) is 27.6 Å². The number of benzene rings is 2. The summed E-state index contributed by atoms with van der Waals surface area (Å²) in [5.41, 5.74) is 1.53. The number of nitrogens with zero attached hydrogens (tertiary/aromatic N) is 2. The van der Waals surface area contributed by atoms with Crippen LogP contribution >= 0.6 is 0 Å². The highest BCUT2D eigenvalue weighted by Gasteiger charge is 2.09. The van der Waals surface area contributed by atoms with Gasteiger partial charge in [-0.2, -0.15) is 0 Å². The summed E-state index contributed by atoms with van der Waals surface area (Å²) in [6.45, 7) is 3.80. The van der Waals surface area contributed by atoms with Gasteiger partial charge in [-0.1, -0.05) is 12.1 Å². The van der Waals surface area contributed by atoms with Crippen molar-refractivity contribution in [1.29, 1.82) is 0 Å². The Hall–Kier alpha value is -3.02. The summed E-state index contributed by atoms with van der Waals surface area (Å²) in [6, 6.07) is 8.98. The summed E-state index contributed by atoms with van der Waals surface area (Å²) >= 11 is 0. The van der Waals surface area contributed by atoms with E-state index in [0.29, 0.717) is 11.3 Å². The first kappa shape index (κ1) is 16.8. The SMILES string of the molecule is Cc1cc(C)cc(-n2ccn(Cc3ccc(F)c(F)c3)c(=O)c2=O)c1. The van der Waals surface area contributed by atoms with E-state index in [9.17, 15) is 18.4 Å². The zero-order valence-corrected chi connectivity index (χ0v) is 13.8. The van der Waals surface area contributed by atoms with Crippen molar-refractivity contribution in [2.24, 2.45) is 0 Å². The lowest BCUT2D eigenvalue weighted by atomic mass is 10.1. The largest absolute Gasteiger partial charge is 0.320 e. The standard InChI is InChI=1S/C19H16F2N2O2/c1-12-7-13(2)9-15(8-12)23-6-5-22(18(24)19(23)25)11-14-3-4-16(20)17(21)10-14/h3-10H,11H2,1-2H3. The fraction of sp³-hybridized carbons (Fsp3) is 0.158. The lowest BCUT2D eigenvalue weighted by Gasteiger charge is -2.11. The highest BCUT2D eigenvalue weighted by Crippen LogP contribution is 2.12. The average Bonchev–Trinajstić information content (AvgIpc) is 2.54. The van der Waals surface area contributed by atoms with Crippen molar-refractivity contribution in [2.45, 2.75) is 20.4 Å². The zero-order valence-electron chi connectivity index (χ0n) is 13.8. The first-order valence-electron chi connectivity index (χ1n) is 7.70. The summed E-state index contributed by atoms with van der Waals surface area (Å²) in [4.78, 5) is 24.8. The van der Waals surface area contributed by atoms with Gasteiger partial charge in [0, 0.05) is 18.1 Å². The van der Waals surface area contributed by atoms with Crippen LogP contribution in [0.25, 0.3) is 5.69 Å². The van der Waals surface area contributed by atoms with Crippen LogP contribution in [-0.4, -0.2) is 9.13 Å². The highest BCUT2D eigenvalue weighted by atomic mass is 19.2. The number of hydrogen-bond donors (Lipinski definition) is 0. The maximum absolute atomic E-state index is 13.3. The van der Waals surface area contributed by atoms with Crippen LogP contribution in [0.2, 0.25) is 0 Å². The molecule has 0 fully saturated rings. The minimum Gasteiger partial charge on any atom is -0.305 e. The van der Waals surface area contributed by atoms with Crippen molar-refractivity contribution < 1.29 is 8.78 Å². The molecule has 128 valence electrons. The van der Waals surface area contributed by atoms with Crippen LogP contribution < -0.4 is 11.1 Å². The van der Waals surface area contributed by atoms with E-state index < -0.39 is 22.8 Å². The van der Waals surface area contributed by atoms with Gasteiger partial charge in [-0.05, 0) is 54.8 Å². The van der Waals surface area contributed by atoms with Crippen LogP contribution in [0.15, 0.2) is 58.4 Å². The van der Waals surface area contributed by atoms with Gasteiger partial charge in [-0.3, -0.25) is 14.2 Å². The van der Waals surface area contributed by atoms with Crippen LogP contribution in [0, 0.1) is 25.5 Å². The molecule has 0 aliphatic heterocycles. The number of aromatic nitrogens is 2. The van der Waals surface area contributed by atoms with E-state index in [0.717, 1.165) is 23.3 Å². The third-order valence-corrected chi connectivity index (χ3v) is 3.88. The summed E-state index contributed by atoms with van der Waals surface area (Å²) in [7, 11) is 0. The topological polar surface area (TPSA) is 44.0 Å². The fourth-order valence-corrected chi connectivity index (χ4v) is 2.76. The highest BCUT2D eigenvalue weighted by molar-refractivity contribution is 5.39. The summed E-state index contributed by atoms with van der Waals surface area (Å²) in [5.74, 6) is -1.95. The minimum absolute atomic E-state index is 0.0149. The molecule has 0 spiro atoms. The molecule has 25 heavy (non-hydrogen) atoms. The number of aryl methyl sites for hydroxylation is 2. The Labute approximate surface area is 142 Å². The van der Waals surface area contributed by atoms with Crippen molar-refractivity contribution in [1.82, 2.24) is 9.13 Å². The number of halogens is 2. The second-order valence-electron chi connectivity index (χ2n) is 6.00. The van der Waals surface area contributed by atoms with Gasteiger partial charge >= 0.3 is 11.1 Å². The van der Waals surface area contributed by atoms with E-state index in [2.05, 4.69) is 0 Å². The summed E-state index contributed by atoms with van der Waals surface area (Å²) in [5, 5.41) is 0. The molecule has 0 unspecified atom stereocenters.